The summed E-state index contributed by atoms with van der Waals surface area (Å²) in [4.78, 5) is 35.7. The van der Waals surface area contributed by atoms with Crippen molar-refractivity contribution in [1.82, 2.24) is 0 Å². The van der Waals surface area contributed by atoms with E-state index < -0.39 is 23.4 Å². The molecule has 0 bridgehead atoms. The highest BCUT2D eigenvalue weighted by Crippen LogP contribution is 2.30. The van der Waals surface area contributed by atoms with E-state index in [2.05, 4.69) is 5.32 Å². The van der Waals surface area contributed by atoms with E-state index in [9.17, 15) is 19.7 Å². The molecule has 0 spiro atoms. The van der Waals surface area contributed by atoms with Gasteiger partial charge in [0.1, 0.15) is 5.69 Å². The minimum atomic E-state index is -0.619. The number of para-hydroxylation sites is 2. The molecule has 1 amide bonds. The van der Waals surface area contributed by atoms with E-state index in [1.54, 1.807) is 22.8 Å². The summed E-state index contributed by atoms with van der Waals surface area (Å²) in [6, 6.07) is 5.80. The fourth-order valence-electron chi connectivity index (χ4n) is 2.80. The minimum absolute atomic E-state index is 0.0708. The predicted octanol–water partition coefficient (Wildman–Crippen LogP) is 3.33. The summed E-state index contributed by atoms with van der Waals surface area (Å²) < 4.78 is 5.07. The van der Waals surface area contributed by atoms with Crippen molar-refractivity contribution in [3.8, 4) is 0 Å². The molecule has 0 radical (unpaired) electrons. The number of nitrogens with one attached hydrogen (secondary N) is 1. The lowest BCUT2D eigenvalue weighted by molar-refractivity contribution is -0.383. The first-order valence-electron chi connectivity index (χ1n) is 7.86. The Morgan fingerprint density at radius 1 is 1.24 bits per heavy atom. The lowest BCUT2D eigenvalue weighted by Gasteiger charge is -2.12. The lowest BCUT2D eigenvalue weighted by atomic mass is 9.96. The van der Waals surface area contributed by atoms with Gasteiger partial charge in [0.2, 0.25) is 0 Å². The lowest BCUT2D eigenvalue weighted by Crippen LogP contribution is -2.21. The second-order valence-corrected chi connectivity index (χ2v) is 6.62. The Balaban J connectivity index is 1.60. The summed E-state index contributed by atoms with van der Waals surface area (Å²) >= 11 is 1.55. The van der Waals surface area contributed by atoms with Crippen LogP contribution in [0.15, 0.2) is 29.6 Å². The molecule has 1 aliphatic rings. The number of anilines is 1. The van der Waals surface area contributed by atoms with Crippen LogP contribution in [-0.4, -0.2) is 23.4 Å². The summed E-state index contributed by atoms with van der Waals surface area (Å²) in [6.45, 7) is -0.491. The van der Waals surface area contributed by atoms with Crippen LogP contribution in [0.1, 0.15) is 33.6 Å². The predicted molar refractivity (Wildman–Crippen MR) is 93.0 cm³/mol. The standard InChI is InChI=1S/C17H16N2O5S/c20-16(18-13-6-2-3-7-14(13)19(22)23)9-24-17(21)12-10-25-15-8-4-1-5-11(12)15/h2-3,6-7,10H,1,4-5,8-9H2,(H,18,20). The fourth-order valence-corrected chi connectivity index (χ4v) is 3.91. The minimum Gasteiger partial charge on any atom is -0.452 e. The number of rotatable bonds is 5. The van der Waals surface area contributed by atoms with Gasteiger partial charge in [-0.15, -0.1) is 11.3 Å². The average molecular weight is 360 g/mol. The van der Waals surface area contributed by atoms with E-state index in [0.717, 1.165) is 31.2 Å². The molecule has 1 aliphatic carbocycles. The molecule has 0 saturated carbocycles. The molecule has 0 fully saturated rings. The summed E-state index contributed by atoms with van der Waals surface area (Å²) in [5, 5.41) is 15.1. The number of benzene rings is 1. The van der Waals surface area contributed by atoms with Crippen LogP contribution in [0, 0.1) is 10.1 Å². The summed E-state index contributed by atoms with van der Waals surface area (Å²) in [5.74, 6) is -1.15. The molecule has 0 saturated heterocycles. The van der Waals surface area contributed by atoms with Crippen LogP contribution in [0.2, 0.25) is 0 Å². The van der Waals surface area contributed by atoms with Gasteiger partial charge in [-0.25, -0.2) is 4.79 Å². The van der Waals surface area contributed by atoms with Crippen molar-refractivity contribution in [2.24, 2.45) is 0 Å². The van der Waals surface area contributed by atoms with E-state index in [1.807, 2.05) is 0 Å². The number of fused-ring (bicyclic) bond motifs is 1. The van der Waals surface area contributed by atoms with E-state index in [0.29, 0.717) is 5.56 Å². The van der Waals surface area contributed by atoms with Crippen LogP contribution >= 0.6 is 11.3 Å². The van der Waals surface area contributed by atoms with E-state index in [1.165, 1.54) is 23.1 Å². The summed E-state index contributed by atoms with van der Waals surface area (Å²) in [7, 11) is 0. The number of aryl methyl sites for hydroxylation is 1. The number of ether oxygens (including phenoxy) is 1. The molecule has 3 rings (SSSR count). The highest BCUT2D eigenvalue weighted by molar-refractivity contribution is 7.10. The normalized spacial score (nSPS) is 13.0. The molecule has 130 valence electrons. The van der Waals surface area contributed by atoms with Crippen LogP contribution in [0.25, 0.3) is 0 Å². The number of carbonyl (C=O) groups is 2. The van der Waals surface area contributed by atoms with Gasteiger partial charge in [-0.05, 0) is 37.3 Å². The van der Waals surface area contributed by atoms with E-state index >= 15 is 0 Å². The quantitative estimate of drug-likeness (QED) is 0.501. The third kappa shape index (κ3) is 3.85. The van der Waals surface area contributed by atoms with Gasteiger partial charge in [0.15, 0.2) is 6.61 Å². The number of carbonyl (C=O) groups excluding carboxylic acids is 2. The van der Waals surface area contributed by atoms with Crippen LogP contribution < -0.4 is 5.32 Å². The van der Waals surface area contributed by atoms with Gasteiger partial charge in [0.25, 0.3) is 11.6 Å². The van der Waals surface area contributed by atoms with Gasteiger partial charge in [-0.1, -0.05) is 12.1 Å². The van der Waals surface area contributed by atoms with Crippen molar-refractivity contribution < 1.29 is 19.2 Å². The number of nitrogens with zero attached hydrogens (tertiary/aromatic N) is 1. The Kier molecular flexibility index (Phi) is 5.08. The maximum atomic E-state index is 12.2. The molecule has 0 aliphatic heterocycles. The molecule has 1 aromatic heterocycles. The summed E-state index contributed by atoms with van der Waals surface area (Å²) in [5.41, 5.74) is 1.41. The number of esters is 1. The molecule has 25 heavy (non-hydrogen) atoms. The Hall–Kier alpha value is -2.74. The Morgan fingerprint density at radius 2 is 2.00 bits per heavy atom. The average Bonchev–Trinajstić information content (AvgIpc) is 3.04. The molecule has 0 unspecified atom stereocenters. The number of thiophene rings is 1. The highest BCUT2D eigenvalue weighted by atomic mass is 32.1. The maximum Gasteiger partial charge on any atom is 0.339 e. The van der Waals surface area contributed by atoms with Crippen molar-refractivity contribution in [1.29, 1.82) is 0 Å². The fraction of sp³-hybridized carbons (Fsp3) is 0.294. The van der Waals surface area contributed by atoms with Gasteiger partial charge < -0.3 is 10.1 Å². The van der Waals surface area contributed by atoms with Crippen LogP contribution in [0.3, 0.4) is 0 Å². The zero-order valence-corrected chi connectivity index (χ0v) is 14.1. The number of nitro benzene ring substituents is 1. The van der Waals surface area contributed by atoms with Crippen molar-refractivity contribution in [2.75, 3.05) is 11.9 Å². The number of amides is 1. The second kappa shape index (κ2) is 7.43. The van der Waals surface area contributed by atoms with Crippen LogP contribution in [0.4, 0.5) is 11.4 Å². The third-order valence-corrected chi connectivity index (χ3v) is 5.08. The first-order valence-corrected chi connectivity index (χ1v) is 8.74. The Bertz CT molecular complexity index is 830. The molecular weight excluding hydrogens is 344 g/mol. The number of hydrogen-bond acceptors (Lipinski definition) is 6. The van der Waals surface area contributed by atoms with Crippen molar-refractivity contribution in [2.45, 2.75) is 25.7 Å². The zero-order chi connectivity index (χ0) is 17.8. The van der Waals surface area contributed by atoms with Gasteiger partial charge in [-0.2, -0.15) is 0 Å². The molecule has 7 nitrogen and oxygen atoms in total. The van der Waals surface area contributed by atoms with Crippen molar-refractivity contribution >= 4 is 34.6 Å². The van der Waals surface area contributed by atoms with Crippen LogP contribution in [-0.2, 0) is 22.4 Å². The molecule has 1 aromatic carbocycles. The van der Waals surface area contributed by atoms with Crippen LogP contribution in [0.5, 0.6) is 0 Å². The number of nitro groups is 1. The van der Waals surface area contributed by atoms with Gasteiger partial charge in [0, 0.05) is 16.3 Å². The largest absolute Gasteiger partial charge is 0.452 e. The Labute approximate surface area is 147 Å². The first-order chi connectivity index (χ1) is 12.1. The highest BCUT2D eigenvalue weighted by Gasteiger charge is 2.22. The first kappa shape index (κ1) is 17.1. The van der Waals surface area contributed by atoms with Gasteiger partial charge >= 0.3 is 5.97 Å². The molecule has 0 atom stereocenters. The SMILES string of the molecule is O=C(COC(=O)c1csc2c1CCCC2)Nc1ccccc1[N+](=O)[O-]. The Morgan fingerprint density at radius 3 is 2.80 bits per heavy atom. The summed E-state index contributed by atoms with van der Waals surface area (Å²) in [6.07, 6.45) is 4.00. The molecule has 8 heteroatoms. The third-order valence-electron chi connectivity index (χ3n) is 3.99. The molecule has 1 N–H and O–H groups in total. The maximum absolute atomic E-state index is 12.2. The zero-order valence-electron chi connectivity index (χ0n) is 13.3. The smallest absolute Gasteiger partial charge is 0.339 e. The molecule has 1 heterocycles. The molecular formula is C17H16N2O5S. The van der Waals surface area contributed by atoms with Crippen molar-refractivity contribution in [3.05, 3.63) is 55.8 Å². The van der Waals surface area contributed by atoms with Crippen molar-refractivity contribution in [3.63, 3.8) is 0 Å². The van der Waals surface area contributed by atoms with Gasteiger partial charge in [-0.3, -0.25) is 14.9 Å². The monoisotopic (exact) mass is 360 g/mol. The topological polar surface area (TPSA) is 98.5 Å². The number of hydrogen-bond donors (Lipinski definition) is 1. The molecule has 2 aromatic rings. The van der Waals surface area contributed by atoms with E-state index in [4.69, 9.17) is 4.74 Å². The van der Waals surface area contributed by atoms with Gasteiger partial charge in [0.05, 0.1) is 10.5 Å². The second-order valence-electron chi connectivity index (χ2n) is 5.66. The van der Waals surface area contributed by atoms with E-state index in [-0.39, 0.29) is 11.4 Å².